The van der Waals surface area contributed by atoms with Crippen LogP contribution in [0.1, 0.15) is 55.7 Å². The van der Waals surface area contributed by atoms with Crippen LogP contribution in [0.4, 0.5) is 0 Å². The van der Waals surface area contributed by atoms with Gasteiger partial charge in [-0.25, -0.2) is 0 Å². The van der Waals surface area contributed by atoms with Crippen molar-refractivity contribution < 1.29 is 4.74 Å². The molecule has 1 aromatic carbocycles. The van der Waals surface area contributed by atoms with E-state index in [0.717, 1.165) is 69.5 Å². The van der Waals surface area contributed by atoms with Gasteiger partial charge in [0.15, 0.2) is 0 Å². The Hall–Kier alpha value is -1.95. The summed E-state index contributed by atoms with van der Waals surface area (Å²) in [5.74, 6) is 1.99. The zero-order valence-electron chi connectivity index (χ0n) is 20.5. The van der Waals surface area contributed by atoms with Gasteiger partial charge in [-0.15, -0.1) is 0 Å². The molecule has 5 nitrogen and oxygen atoms in total. The fourth-order valence-corrected chi connectivity index (χ4v) is 7.05. The molecule has 0 unspecified atom stereocenters. The lowest BCUT2D eigenvalue weighted by Crippen LogP contribution is -2.48. The summed E-state index contributed by atoms with van der Waals surface area (Å²) in [6.07, 6.45) is 8.33. The van der Waals surface area contributed by atoms with Crippen molar-refractivity contribution in [1.29, 1.82) is 0 Å². The Bertz CT molecular complexity index is 1050. The summed E-state index contributed by atoms with van der Waals surface area (Å²) in [5.41, 5.74) is 4.69. The van der Waals surface area contributed by atoms with Gasteiger partial charge in [0.25, 0.3) is 5.56 Å². The average molecular weight is 462 g/mol. The minimum absolute atomic E-state index is 0.211. The normalized spacial score (nSPS) is 26.4. The van der Waals surface area contributed by atoms with Gasteiger partial charge in [-0.05, 0) is 54.4 Å². The van der Waals surface area contributed by atoms with Gasteiger partial charge >= 0.3 is 0 Å². The molecular formula is C29H39N3O2. The number of likely N-dealkylation sites (tertiary alicyclic amines) is 1. The number of aromatic nitrogens is 1. The Morgan fingerprint density at radius 2 is 1.68 bits per heavy atom. The van der Waals surface area contributed by atoms with E-state index in [0.29, 0.717) is 11.8 Å². The summed E-state index contributed by atoms with van der Waals surface area (Å²) in [6.45, 7) is 8.82. The summed E-state index contributed by atoms with van der Waals surface area (Å²) >= 11 is 0. The Morgan fingerprint density at radius 1 is 0.853 bits per heavy atom. The average Bonchev–Trinajstić information content (AvgIpc) is 2.87. The smallest absolute Gasteiger partial charge is 0.258 e. The van der Waals surface area contributed by atoms with Crippen LogP contribution in [0.15, 0.2) is 41.2 Å². The fraction of sp³-hybridized carbons (Fsp3) is 0.621. The van der Waals surface area contributed by atoms with E-state index in [4.69, 9.17) is 4.74 Å². The van der Waals surface area contributed by atoms with Crippen molar-refractivity contribution in [3.8, 4) is 11.1 Å². The van der Waals surface area contributed by atoms with Gasteiger partial charge in [-0.1, -0.05) is 43.5 Å². The number of rotatable bonds is 5. The molecule has 2 bridgehead atoms. The summed E-state index contributed by atoms with van der Waals surface area (Å²) < 4.78 is 7.66. The van der Waals surface area contributed by atoms with Crippen LogP contribution in [-0.4, -0.2) is 60.3 Å². The maximum absolute atomic E-state index is 13.8. The summed E-state index contributed by atoms with van der Waals surface area (Å²) in [6, 6.07) is 12.9. The SMILES string of the molecule is O=c1c(-c2ccccc2CN2CCOCC2)ccc2n1C[C@@H]1C[C@@H]2CN(CC2CCCCC2)C1. The Kier molecular flexibility index (Phi) is 6.60. The van der Waals surface area contributed by atoms with Crippen molar-refractivity contribution in [2.45, 2.75) is 57.5 Å². The minimum atomic E-state index is 0.211. The monoisotopic (exact) mass is 461 g/mol. The molecule has 0 N–H and O–H groups in total. The lowest BCUT2D eigenvalue weighted by atomic mass is 9.81. The molecule has 34 heavy (non-hydrogen) atoms. The number of hydrogen-bond acceptors (Lipinski definition) is 4. The maximum atomic E-state index is 13.8. The van der Waals surface area contributed by atoms with Gasteiger partial charge in [-0.2, -0.15) is 0 Å². The van der Waals surface area contributed by atoms with Crippen molar-refractivity contribution in [3.63, 3.8) is 0 Å². The third kappa shape index (κ3) is 4.62. The molecule has 1 aliphatic carbocycles. The summed E-state index contributed by atoms with van der Waals surface area (Å²) in [4.78, 5) is 19.0. The highest BCUT2D eigenvalue weighted by Gasteiger charge is 2.35. The second kappa shape index (κ2) is 9.96. The largest absolute Gasteiger partial charge is 0.379 e. The number of hydrogen-bond donors (Lipinski definition) is 0. The minimum Gasteiger partial charge on any atom is -0.379 e. The highest BCUT2D eigenvalue weighted by Crippen LogP contribution is 2.37. The standard InChI is InChI=1S/C29H39N3O2/c33-29-27(26-9-5-4-8-24(26)20-30-12-14-34-15-13-30)10-11-28-25-16-23(19-32(28)29)18-31(21-25)17-22-6-2-1-3-7-22/h4-5,8-11,22-23,25H,1-3,6-7,12-21H2/t23-,25-/m1/s1. The molecule has 5 heteroatoms. The molecule has 2 saturated heterocycles. The van der Waals surface area contributed by atoms with Crippen molar-refractivity contribution in [1.82, 2.24) is 14.4 Å². The summed E-state index contributed by atoms with van der Waals surface area (Å²) in [7, 11) is 0. The van der Waals surface area contributed by atoms with E-state index in [1.807, 2.05) is 0 Å². The Balaban J connectivity index is 1.24. The first kappa shape index (κ1) is 22.5. The maximum Gasteiger partial charge on any atom is 0.258 e. The molecule has 1 aromatic heterocycles. The Morgan fingerprint density at radius 3 is 2.53 bits per heavy atom. The first-order valence-electron chi connectivity index (χ1n) is 13.6. The van der Waals surface area contributed by atoms with E-state index in [-0.39, 0.29) is 5.56 Å². The molecule has 0 radical (unpaired) electrons. The predicted octanol–water partition coefficient (Wildman–Crippen LogP) is 4.35. The molecule has 6 rings (SSSR count). The van der Waals surface area contributed by atoms with Gasteiger partial charge in [0.05, 0.1) is 13.2 Å². The molecule has 3 fully saturated rings. The van der Waals surface area contributed by atoms with Gasteiger partial charge in [0.1, 0.15) is 0 Å². The fourth-order valence-electron chi connectivity index (χ4n) is 7.05. The van der Waals surface area contributed by atoms with Gasteiger partial charge in [-0.3, -0.25) is 9.69 Å². The highest BCUT2D eigenvalue weighted by molar-refractivity contribution is 5.66. The number of fused-ring (bicyclic) bond motifs is 4. The van der Waals surface area contributed by atoms with Crippen LogP contribution in [0, 0.1) is 11.8 Å². The molecular weight excluding hydrogens is 422 g/mol. The first-order valence-corrected chi connectivity index (χ1v) is 13.6. The van der Waals surface area contributed by atoms with E-state index in [1.165, 1.54) is 56.3 Å². The summed E-state index contributed by atoms with van der Waals surface area (Å²) in [5, 5.41) is 0. The molecule has 2 aromatic rings. The number of benzene rings is 1. The number of pyridine rings is 1. The molecule has 1 saturated carbocycles. The van der Waals surface area contributed by atoms with Crippen LogP contribution in [-0.2, 0) is 17.8 Å². The topological polar surface area (TPSA) is 37.7 Å². The van der Waals surface area contributed by atoms with Crippen LogP contribution in [0.5, 0.6) is 0 Å². The lowest BCUT2D eigenvalue weighted by molar-refractivity contribution is 0.0342. The first-order chi connectivity index (χ1) is 16.7. The van der Waals surface area contributed by atoms with Crippen LogP contribution < -0.4 is 5.56 Å². The van der Waals surface area contributed by atoms with E-state index in [1.54, 1.807) is 0 Å². The van der Waals surface area contributed by atoms with Crippen LogP contribution in [0.25, 0.3) is 11.1 Å². The number of piperidine rings is 1. The van der Waals surface area contributed by atoms with E-state index >= 15 is 0 Å². The van der Waals surface area contributed by atoms with Gasteiger partial charge in [0.2, 0.25) is 0 Å². The van der Waals surface area contributed by atoms with Crippen molar-refractivity contribution in [2.75, 3.05) is 45.9 Å². The second-order valence-corrected chi connectivity index (χ2v) is 11.2. The lowest BCUT2D eigenvalue weighted by Gasteiger charge is -2.44. The van der Waals surface area contributed by atoms with Crippen molar-refractivity contribution in [3.05, 3.63) is 58.0 Å². The van der Waals surface area contributed by atoms with Crippen LogP contribution >= 0.6 is 0 Å². The third-order valence-corrected chi connectivity index (χ3v) is 8.73. The third-order valence-electron chi connectivity index (χ3n) is 8.73. The number of nitrogens with zero attached hydrogens (tertiary/aromatic N) is 3. The Labute approximate surface area is 203 Å². The van der Waals surface area contributed by atoms with Gasteiger partial charge in [0, 0.05) is 63.0 Å². The highest BCUT2D eigenvalue weighted by atomic mass is 16.5. The number of morpholine rings is 1. The molecule has 0 spiro atoms. The van der Waals surface area contributed by atoms with Gasteiger partial charge < -0.3 is 14.2 Å². The zero-order valence-corrected chi connectivity index (χ0v) is 20.5. The predicted molar refractivity (Wildman–Crippen MR) is 136 cm³/mol. The van der Waals surface area contributed by atoms with Crippen molar-refractivity contribution >= 4 is 0 Å². The van der Waals surface area contributed by atoms with Crippen molar-refractivity contribution in [2.24, 2.45) is 11.8 Å². The molecule has 4 heterocycles. The second-order valence-electron chi connectivity index (χ2n) is 11.2. The molecule has 2 atom stereocenters. The quantitative estimate of drug-likeness (QED) is 0.664. The van der Waals surface area contributed by atoms with E-state index < -0.39 is 0 Å². The molecule has 3 aliphatic heterocycles. The number of ether oxygens (including phenoxy) is 1. The molecule has 4 aliphatic rings. The molecule has 0 amide bonds. The van der Waals surface area contributed by atoms with E-state index in [9.17, 15) is 4.79 Å². The zero-order chi connectivity index (χ0) is 22.9. The van der Waals surface area contributed by atoms with Crippen LogP contribution in [0.2, 0.25) is 0 Å². The molecule has 182 valence electrons. The van der Waals surface area contributed by atoms with Crippen LogP contribution in [0.3, 0.4) is 0 Å². The van der Waals surface area contributed by atoms with E-state index in [2.05, 4.69) is 50.8 Å².